The van der Waals surface area contributed by atoms with Gasteiger partial charge in [0.25, 0.3) is 0 Å². The van der Waals surface area contributed by atoms with Gasteiger partial charge in [0.2, 0.25) is 0 Å². The van der Waals surface area contributed by atoms with Gasteiger partial charge in [0.15, 0.2) is 11.3 Å². The van der Waals surface area contributed by atoms with Gasteiger partial charge in [0.05, 0.1) is 17.3 Å². The molecule has 0 amide bonds. The Labute approximate surface area is 157 Å². The van der Waals surface area contributed by atoms with Gasteiger partial charge in [-0.05, 0) is 37.5 Å². The molecule has 1 fully saturated rings. The van der Waals surface area contributed by atoms with E-state index >= 15 is 0 Å². The standard InChI is InChI=1S/C18H16F3N7/c19-18(20,21)11-2-4-14(23-8-11)25-12-3-1-10(7-12)17-27-26-15-9-24-16-13(28(15)17)5-6-22-16/h2,4-6,8-10,12,22H,1,3,7H2,(H,23,25)/t10-,12+/m1/s1. The molecule has 10 heteroatoms. The maximum Gasteiger partial charge on any atom is 0.417 e. The lowest BCUT2D eigenvalue weighted by Crippen LogP contribution is -2.17. The molecule has 4 aromatic heterocycles. The number of aromatic amines is 1. The van der Waals surface area contributed by atoms with Gasteiger partial charge in [-0.2, -0.15) is 13.2 Å². The second-order valence-electron chi connectivity index (χ2n) is 7.00. The molecule has 0 radical (unpaired) electrons. The zero-order chi connectivity index (χ0) is 19.3. The first-order valence-corrected chi connectivity index (χ1v) is 8.96. The molecule has 144 valence electrons. The molecule has 4 aromatic rings. The zero-order valence-corrected chi connectivity index (χ0v) is 14.6. The maximum absolute atomic E-state index is 12.7. The van der Waals surface area contributed by atoms with Crippen molar-refractivity contribution in [3.63, 3.8) is 0 Å². The number of aromatic nitrogens is 6. The zero-order valence-electron chi connectivity index (χ0n) is 14.6. The summed E-state index contributed by atoms with van der Waals surface area (Å²) >= 11 is 0. The van der Waals surface area contributed by atoms with Crippen LogP contribution in [0.15, 0.2) is 36.8 Å². The minimum atomic E-state index is -4.38. The number of anilines is 1. The van der Waals surface area contributed by atoms with Gasteiger partial charge in [0, 0.05) is 24.4 Å². The van der Waals surface area contributed by atoms with Crippen LogP contribution in [0.25, 0.3) is 16.8 Å². The third-order valence-electron chi connectivity index (χ3n) is 5.21. The smallest absolute Gasteiger partial charge is 0.367 e. The van der Waals surface area contributed by atoms with Crippen LogP contribution in [0, 0.1) is 0 Å². The second kappa shape index (κ2) is 6.18. The number of nitrogens with one attached hydrogen (secondary N) is 2. The number of H-pyrrole nitrogens is 1. The van der Waals surface area contributed by atoms with Crippen molar-refractivity contribution in [2.24, 2.45) is 0 Å². The molecule has 0 spiro atoms. The van der Waals surface area contributed by atoms with Crippen LogP contribution in [-0.2, 0) is 6.18 Å². The predicted molar refractivity (Wildman–Crippen MR) is 95.9 cm³/mol. The molecule has 2 atom stereocenters. The van der Waals surface area contributed by atoms with E-state index in [4.69, 9.17) is 0 Å². The molecule has 1 saturated carbocycles. The summed E-state index contributed by atoms with van der Waals surface area (Å²) < 4.78 is 40.0. The summed E-state index contributed by atoms with van der Waals surface area (Å²) in [4.78, 5) is 11.3. The number of pyridine rings is 1. The highest BCUT2D eigenvalue weighted by Crippen LogP contribution is 2.36. The summed E-state index contributed by atoms with van der Waals surface area (Å²) in [7, 11) is 0. The second-order valence-corrected chi connectivity index (χ2v) is 7.00. The molecule has 4 heterocycles. The number of rotatable bonds is 3. The van der Waals surface area contributed by atoms with Crippen LogP contribution in [0.3, 0.4) is 0 Å². The van der Waals surface area contributed by atoms with Crippen LogP contribution < -0.4 is 5.32 Å². The van der Waals surface area contributed by atoms with Crippen LogP contribution >= 0.6 is 0 Å². The largest absolute Gasteiger partial charge is 0.417 e. The van der Waals surface area contributed by atoms with E-state index in [2.05, 4.69) is 30.5 Å². The first-order valence-electron chi connectivity index (χ1n) is 8.96. The van der Waals surface area contributed by atoms with Gasteiger partial charge >= 0.3 is 6.18 Å². The Morgan fingerprint density at radius 3 is 2.75 bits per heavy atom. The topological polar surface area (TPSA) is 83.8 Å². The van der Waals surface area contributed by atoms with Gasteiger partial charge in [0.1, 0.15) is 11.6 Å². The minimum absolute atomic E-state index is 0.116. The van der Waals surface area contributed by atoms with E-state index in [0.717, 1.165) is 48.5 Å². The summed E-state index contributed by atoms with van der Waals surface area (Å²) in [6.45, 7) is 0. The molecule has 0 bridgehead atoms. The highest BCUT2D eigenvalue weighted by molar-refractivity contribution is 5.74. The molecule has 7 nitrogen and oxygen atoms in total. The number of fused-ring (bicyclic) bond motifs is 3. The number of hydrogen-bond acceptors (Lipinski definition) is 5. The maximum atomic E-state index is 12.7. The molecule has 0 aromatic carbocycles. The number of hydrogen-bond donors (Lipinski definition) is 2. The number of alkyl halides is 3. The van der Waals surface area contributed by atoms with E-state index in [1.807, 2.05) is 16.7 Å². The first-order chi connectivity index (χ1) is 13.5. The van der Waals surface area contributed by atoms with Gasteiger partial charge in [-0.1, -0.05) is 0 Å². The Bertz CT molecular complexity index is 1130. The summed E-state index contributed by atoms with van der Waals surface area (Å²) in [5, 5.41) is 11.8. The van der Waals surface area contributed by atoms with Gasteiger partial charge in [-0.3, -0.25) is 4.40 Å². The highest BCUT2D eigenvalue weighted by atomic mass is 19.4. The SMILES string of the molecule is FC(F)(F)c1ccc(N[C@H]2CC[C@@H](c3nnc4cnc5[nH]ccc5n34)C2)nc1. The van der Waals surface area contributed by atoms with E-state index in [1.165, 1.54) is 6.07 Å². The summed E-state index contributed by atoms with van der Waals surface area (Å²) in [5.41, 5.74) is 1.65. The molecular formula is C18H16F3N7. The van der Waals surface area contributed by atoms with Crippen molar-refractivity contribution in [1.82, 2.24) is 29.5 Å². The fraction of sp³-hybridized carbons (Fsp3) is 0.333. The quantitative estimate of drug-likeness (QED) is 0.559. The predicted octanol–water partition coefficient (Wildman–Crippen LogP) is 3.77. The van der Waals surface area contributed by atoms with Crippen molar-refractivity contribution in [3.05, 3.63) is 48.2 Å². The Kier molecular flexibility index (Phi) is 3.74. The fourth-order valence-electron chi connectivity index (χ4n) is 3.87. The normalized spacial score (nSPS) is 20.2. The first kappa shape index (κ1) is 17.0. The molecule has 0 saturated heterocycles. The number of nitrogens with zero attached hydrogens (tertiary/aromatic N) is 5. The van der Waals surface area contributed by atoms with Crippen molar-refractivity contribution < 1.29 is 13.2 Å². The van der Waals surface area contributed by atoms with Gasteiger partial charge in [-0.25, -0.2) is 9.97 Å². The Morgan fingerprint density at radius 1 is 1.07 bits per heavy atom. The van der Waals surface area contributed by atoms with E-state index < -0.39 is 11.7 Å². The lowest BCUT2D eigenvalue weighted by molar-refractivity contribution is -0.137. The van der Waals surface area contributed by atoms with E-state index in [-0.39, 0.29) is 12.0 Å². The average molecular weight is 387 g/mol. The minimum Gasteiger partial charge on any atom is -0.367 e. The monoisotopic (exact) mass is 387 g/mol. The molecule has 0 unspecified atom stereocenters. The van der Waals surface area contributed by atoms with E-state index in [0.29, 0.717) is 11.5 Å². The Balaban J connectivity index is 1.35. The third kappa shape index (κ3) is 2.85. The summed E-state index contributed by atoms with van der Waals surface area (Å²) in [5.74, 6) is 1.52. The molecular weight excluding hydrogens is 371 g/mol. The van der Waals surface area contributed by atoms with Crippen LogP contribution in [0.2, 0.25) is 0 Å². The summed E-state index contributed by atoms with van der Waals surface area (Å²) in [6.07, 6.45) is 2.59. The van der Waals surface area contributed by atoms with Crippen LogP contribution in [-0.4, -0.2) is 35.6 Å². The van der Waals surface area contributed by atoms with Crippen LogP contribution in [0.4, 0.5) is 19.0 Å². The van der Waals surface area contributed by atoms with Crippen LogP contribution in [0.5, 0.6) is 0 Å². The van der Waals surface area contributed by atoms with Crippen molar-refractivity contribution in [2.75, 3.05) is 5.32 Å². The third-order valence-corrected chi connectivity index (χ3v) is 5.21. The lowest BCUT2D eigenvalue weighted by atomic mass is 10.1. The lowest BCUT2D eigenvalue weighted by Gasteiger charge is -2.14. The molecule has 1 aliphatic rings. The molecule has 0 aliphatic heterocycles. The van der Waals surface area contributed by atoms with Crippen molar-refractivity contribution in [1.29, 1.82) is 0 Å². The van der Waals surface area contributed by atoms with Crippen molar-refractivity contribution in [2.45, 2.75) is 37.4 Å². The van der Waals surface area contributed by atoms with Gasteiger partial charge < -0.3 is 10.3 Å². The van der Waals surface area contributed by atoms with Crippen molar-refractivity contribution in [3.8, 4) is 0 Å². The Morgan fingerprint density at radius 2 is 1.96 bits per heavy atom. The Hall–Kier alpha value is -3.17. The molecule has 2 N–H and O–H groups in total. The van der Waals surface area contributed by atoms with E-state index in [1.54, 1.807) is 6.20 Å². The number of halogens is 3. The van der Waals surface area contributed by atoms with E-state index in [9.17, 15) is 13.2 Å². The van der Waals surface area contributed by atoms with Crippen LogP contribution in [0.1, 0.15) is 36.6 Å². The van der Waals surface area contributed by atoms with Crippen molar-refractivity contribution >= 4 is 22.6 Å². The fourth-order valence-corrected chi connectivity index (χ4v) is 3.87. The molecule has 28 heavy (non-hydrogen) atoms. The molecule has 5 rings (SSSR count). The highest BCUT2D eigenvalue weighted by Gasteiger charge is 2.32. The van der Waals surface area contributed by atoms with Gasteiger partial charge in [-0.15, -0.1) is 10.2 Å². The molecule has 1 aliphatic carbocycles. The average Bonchev–Trinajstić information content (AvgIpc) is 3.39. The summed E-state index contributed by atoms with van der Waals surface area (Å²) in [6, 6.07) is 4.48.